The Morgan fingerprint density at radius 1 is 1.14 bits per heavy atom. The number of non-ortho nitro benzene ring substituents is 1. The Hall–Kier alpha value is -2.85. The molecule has 2 aromatic carbocycles. The van der Waals surface area contributed by atoms with Gasteiger partial charge in [0, 0.05) is 28.7 Å². The fraction of sp³-hybridized carbons (Fsp3) is 0.360. The van der Waals surface area contributed by atoms with Crippen LogP contribution in [0.4, 0.5) is 5.69 Å². The smallest absolute Gasteiger partial charge is 0.269 e. The van der Waals surface area contributed by atoms with Crippen LogP contribution in [0.15, 0.2) is 50.8 Å². The van der Waals surface area contributed by atoms with Crippen molar-refractivity contribution in [2.75, 3.05) is 6.61 Å². The van der Waals surface area contributed by atoms with E-state index in [-0.39, 0.29) is 30.3 Å². The van der Waals surface area contributed by atoms with E-state index in [0.29, 0.717) is 28.2 Å². The second-order valence-electron chi connectivity index (χ2n) is 8.35. The number of hydrogen-bond acceptors (Lipinski definition) is 7. The molecule has 1 aliphatic heterocycles. The monoisotopic (exact) mass is 561 g/mol. The number of amides is 1. The van der Waals surface area contributed by atoms with Crippen molar-refractivity contribution in [3.8, 4) is 11.5 Å². The third kappa shape index (κ3) is 6.64. The third-order valence-corrected chi connectivity index (χ3v) is 6.60. The number of aliphatic imine (C=N–C) groups is 1. The molecule has 0 aliphatic carbocycles. The van der Waals surface area contributed by atoms with Crippen LogP contribution >= 0.6 is 27.7 Å². The molecule has 2 aromatic rings. The van der Waals surface area contributed by atoms with Crippen molar-refractivity contribution in [1.29, 1.82) is 0 Å². The van der Waals surface area contributed by atoms with Gasteiger partial charge in [-0.2, -0.15) is 0 Å². The van der Waals surface area contributed by atoms with Gasteiger partial charge < -0.3 is 9.47 Å². The van der Waals surface area contributed by atoms with Gasteiger partial charge in [-0.15, -0.1) is 0 Å². The maximum Gasteiger partial charge on any atom is 0.269 e. The SMILES string of the molecule is CCOc1cc(/C=C2/SC(=NC(C)C)N(C(C)C)C2=O)c(Br)cc1OCc1ccc([N+](=O)[O-])cc1. The predicted molar refractivity (Wildman–Crippen MR) is 143 cm³/mol. The van der Waals surface area contributed by atoms with E-state index in [1.807, 2.05) is 46.8 Å². The van der Waals surface area contributed by atoms with Gasteiger partial charge in [0.25, 0.3) is 11.6 Å². The highest BCUT2D eigenvalue weighted by atomic mass is 79.9. The Morgan fingerprint density at radius 3 is 2.37 bits per heavy atom. The van der Waals surface area contributed by atoms with Gasteiger partial charge in [0.2, 0.25) is 0 Å². The summed E-state index contributed by atoms with van der Waals surface area (Å²) >= 11 is 4.96. The van der Waals surface area contributed by atoms with Crippen LogP contribution in [0.3, 0.4) is 0 Å². The summed E-state index contributed by atoms with van der Waals surface area (Å²) in [7, 11) is 0. The first-order chi connectivity index (χ1) is 16.6. The Kier molecular flexibility index (Phi) is 8.96. The zero-order chi connectivity index (χ0) is 25.7. The van der Waals surface area contributed by atoms with Gasteiger partial charge in [0.05, 0.1) is 16.4 Å². The number of benzene rings is 2. The summed E-state index contributed by atoms with van der Waals surface area (Å²) < 4.78 is 12.5. The zero-order valence-corrected chi connectivity index (χ0v) is 22.7. The zero-order valence-electron chi connectivity index (χ0n) is 20.3. The van der Waals surface area contributed by atoms with Crippen LogP contribution in [-0.2, 0) is 11.4 Å². The maximum absolute atomic E-state index is 13.1. The molecule has 3 rings (SSSR count). The standard InChI is InChI=1S/C25H28BrN3O5S/c1-6-33-21-11-18(12-23-24(30)28(16(4)5)25(35-23)27-15(2)3)20(26)13-22(21)34-14-17-7-9-19(10-8-17)29(31)32/h7-13,15-16H,6,14H2,1-5H3/b23-12+,27-25?. The molecule has 8 nitrogen and oxygen atoms in total. The molecule has 1 aliphatic rings. The number of nitrogens with zero attached hydrogens (tertiary/aromatic N) is 3. The molecule has 186 valence electrons. The van der Waals surface area contributed by atoms with Crippen molar-refractivity contribution in [3.05, 3.63) is 67.0 Å². The molecule has 0 radical (unpaired) electrons. The predicted octanol–water partition coefficient (Wildman–Crippen LogP) is 6.42. The van der Waals surface area contributed by atoms with Gasteiger partial charge in [0.15, 0.2) is 16.7 Å². The van der Waals surface area contributed by atoms with E-state index >= 15 is 0 Å². The van der Waals surface area contributed by atoms with Gasteiger partial charge >= 0.3 is 0 Å². The van der Waals surface area contributed by atoms with Gasteiger partial charge in [-0.3, -0.25) is 24.8 Å². The van der Waals surface area contributed by atoms with Crippen molar-refractivity contribution in [3.63, 3.8) is 0 Å². The van der Waals surface area contributed by atoms with E-state index in [4.69, 9.17) is 9.47 Å². The van der Waals surface area contributed by atoms with Crippen LogP contribution in [0.2, 0.25) is 0 Å². The summed E-state index contributed by atoms with van der Waals surface area (Å²) in [5.74, 6) is 0.986. The molecule has 35 heavy (non-hydrogen) atoms. The first-order valence-corrected chi connectivity index (χ1v) is 12.8. The van der Waals surface area contributed by atoms with E-state index in [0.717, 1.165) is 15.6 Å². The minimum atomic E-state index is -0.437. The molecule has 0 unspecified atom stereocenters. The minimum Gasteiger partial charge on any atom is -0.490 e. The van der Waals surface area contributed by atoms with Crippen LogP contribution in [0.25, 0.3) is 6.08 Å². The lowest BCUT2D eigenvalue weighted by Gasteiger charge is -2.20. The van der Waals surface area contributed by atoms with E-state index in [9.17, 15) is 14.9 Å². The normalized spacial score (nSPS) is 16.1. The summed E-state index contributed by atoms with van der Waals surface area (Å²) in [4.78, 5) is 30.4. The van der Waals surface area contributed by atoms with E-state index in [1.54, 1.807) is 23.1 Å². The first-order valence-electron chi connectivity index (χ1n) is 11.2. The van der Waals surface area contributed by atoms with Crippen molar-refractivity contribution < 1.29 is 19.2 Å². The lowest BCUT2D eigenvalue weighted by Crippen LogP contribution is -2.35. The number of nitro benzene ring substituents is 1. The maximum atomic E-state index is 13.1. The molecule has 1 heterocycles. The highest BCUT2D eigenvalue weighted by Gasteiger charge is 2.35. The molecule has 0 spiro atoms. The fourth-order valence-corrected chi connectivity index (χ4v) is 4.97. The lowest BCUT2D eigenvalue weighted by atomic mass is 10.1. The number of ether oxygens (including phenoxy) is 2. The molecule has 0 atom stereocenters. The number of halogens is 1. The van der Waals surface area contributed by atoms with E-state index in [1.165, 1.54) is 23.9 Å². The molecule has 1 amide bonds. The Morgan fingerprint density at radius 2 is 1.80 bits per heavy atom. The summed E-state index contributed by atoms with van der Waals surface area (Å²) in [5, 5.41) is 11.6. The number of amidine groups is 1. The van der Waals surface area contributed by atoms with E-state index < -0.39 is 4.92 Å². The summed E-state index contributed by atoms with van der Waals surface area (Å²) in [6.45, 7) is 10.4. The molecule has 0 N–H and O–H groups in total. The molecule has 0 bridgehead atoms. The highest BCUT2D eigenvalue weighted by Crippen LogP contribution is 2.39. The third-order valence-electron chi connectivity index (χ3n) is 4.91. The van der Waals surface area contributed by atoms with Gasteiger partial charge in [-0.25, -0.2) is 0 Å². The van der Waals surface area contributed by atoms with Gasteiger partial charge in [-0.1, -0.05) is 15.9 Å². The molecule has 1 saturated heterocycles. The summed E-state index contributed by atoms with van der Waals surface area (Å²) in [6.07, 6.45) is 1.83. The molecular weight excluding hydrogens is 534 g/mol. The summed E-state index contributed by atoms with van der Waals surface area (Å²) in [6, 6.07) is 9.91. The first kappa shape index (κ1) is 26.7. The number of hydrogen-bond donors (Lipinski definition) is 0. The van der Waals surface area contributed by atoms with Crippen LogP contribution in [-0.4, -0.2) is 39.6 Å². The quantitative estimate of drug-likeness (QED) is 0.199. The van der Waals surface area contributed by atoms with E-state index in [2.05, 4.69) is 20.9 Å². The summed E-state index contributed by atoms with van der Waals surface area (Å²) in [5.41, 5.74) is 1.60. The second kappa shape index (κ2) is 11.7. The Balaban J connectivity index is 1.87. The average molecular weight is 562 g/mol. The lowest BCUT2D eigenvalue weighted by molar-refractivity contribution is -0.384. The van der Waals surface area contributed by atoms with Crippen molar-refractivity contribution >= 4 is 50.5 Å². The van der Waals surface area contributed by atoms with Crippen LogP contribution in [0.1, 0.15) is 45.7 Å². The number of thioether (sulfide) groups is 1. The molecule has 1 fully saturated rings. The number of carbonyl (C=O) groups excluding carboxylic acids is 1. The van der Waals surface area contributed by atoms with Crippen LogP contribution in [0.5, 0.6) is 11.5 Å². The van der Waals surface area contributed by atoms with Crippen LogP contribution < -0.4 is 9.47 Å². The number of carbonyl (C=O) groups is 1. The average Bonchev–Trinajstić information content (AvgIpc) is 3.09. The fourth-order valence-electron chi connectivity index (χ4n) is 3.31. The number of nitro groups is 1. The Labute approximate surface area is 217 Å². The Bertz CT molecular complexity index is 1160. The number of rotatable bonds is 9. The van der Waals surface area contributed by atoms with Crippen molar-refractivity contribution in [1.82, 2.24) is 4.90 Å². The molecule has 0 aromatic heterocycles. The van der Waals surface area contributed by atoms with Crippen molar-refractivity contribution in [2.24, 2.45) is 4.99 Å². The largest absolute Gasteiger partial charge is 0.490 e. The van der Waals surface area contributed by atoms with Crippen LogP contribution in [0, 0.1) is 10.1 Å². The van der Waals surface area contributed by atoms with Gasteiger partial charge in [0.1, 0.15) is 6.61 Å². The second-order valence-corrected chi connectivity index (χ2v) is 10.2. The molecule has 10 heteroatoms. The molecular formula is C25H28BrN3O5S. The molecule has 0 saturated carbocycles. The van der Waals surface area contributed by atoms with Crippen molar-refractivity contribution in [2.45, 2.75) is 53.3 Å². The van der Waals surface area contributed by atoms with Gasteiger partial charge in [-0.05, 0) is 87.8 Å². The topological polar surface area (TPSA) is 94.3 Å². The highest BCUT2D eigenvalue weighted by molar-refractivity contribution is 9.10. The minimum absolute atomic E-state index is 0.00368.